The third kappa shape index (κ3) is 9.44. The van der Waals surface area contributed by atoms with Crippen LogP contribution >= 0.6 is 0 Å². The van der Waals surface area contributed by atoms with E-state index < -0.39 is 53.5 Å². The van der Waals surface area contributed by atoms with Crippen molar-refractivity contribution < 1.29 is 43.2 Å². The lowest BCUT2D eigenvalue weighted by molar-refractivity contribution is -0.179. The van der Waals surface area contributed by atoms with Crippen molar-refractivity contribution in [2.45, 2.75) is 68.3 Å². The first kappa shape index (κ1) is 48.2. The fourth-order valence-electron chi connectivity index (χ4n) is 11.0. The van der Waals surface area contributed by atoms with Gasteiger partial charge in [-0.25, -0.2) is 9.69 Å². The van der Waals surface area contributed by atoms with E-state index in [1.54, 1.807) is 24.3 Å². The number of hydrogen-bond donors (Lipinski definition) is 1. The lowest BCUT2D eigenvalue weighted by atomic mass is 9.64. The molecule has 5 aromatic carbocycles. The molecule has 1 N–H and O–H groups in total. The van der Waals surface area contributed by atoms with E-state index in [4.69, 9.17) is 18.9 Å². The summed E-state index contributed by atoms with van der Waals surface area (Å²) in [5.74, 6) is 4.05. The number of anilines is 1. The molecule has 4 heterocycles. The molecule has 5 aromatic rings. The molecule has 13 heteroatoms. The van der Waals surface area contributed by atoms with Gasteiger partial charge in [0.1, 0.15) is 36.5 Å². The number of benzene rings is 5. The summed E-state index contributed by atoms with van der Waals surface area (Å²) in [5.41, 5.74) is 2.53. The largest absolute Gasteiger partial charge is 0.491 e. The van der Waals surface area contributed by atoms with Crippen LogP contribution in [0.3, 0.4) is 0 Å². The van der Waals surface area contributed by atoms with E-state index in [9.17, 15) is 9.90 Å². The molecule has 13 nitrogen and oxygen atoms in total. The maximum Gasteiger partial charge on any atom is 0.421 e. The number of hydrogen-bond acceptors (Lipinski definition) is 11. The number of esters is 1. The van der Waals surface area contributed by atoms with E-state index in [1.165, 1.54) is 7.11 Å². The van der Waals surface area contributed by atoms with Gasteiger partial charge in [-0.2, -0.15) is 0 Å². The molecule has 0 aliphatic carbocycles. The zero-order chi connectivity index (χ0) is 48.6. The predicted octanol–water partition coefficient (Wildman–Crippen LogP) is 7.78. The highest BCUT2D eigenvalue weighted by molar-refractivity contribution is 6.23. The second-order valence-corrected chi connectivity index (χ2v) is 18.4. The Morgan fingerprint density at radius 3 is 2.10 bits per heavy atom. The Morgan fingerprint density at radius 2 is 1.43 bits per heavy atom. The molecule has 0 radical (unpaired) electrons. The standard InChI is InChI=1S/C57H60N4O9/c1-58(39-41-18-9-6-10-19-41)31-17-20-40-25-30-47-46(38-40)57(55(65)60(47)56(66)69-37-36-67-2)48(53(63)59-32-15-4-3-5-16-33-59)50-54(64)70-51(43-23-13-8-14-24-43)49(42-21-11-7-12-22-42)61(50)52(57)44-26-28-45(29-27-44)68-35-34-62/h6-14,18-19,21-30,38,48-52,62H,3-5,15-16,31-37,39H2,1-2H3/t48-,49-,50-,51+,52+,57-/m0/s1. The number of fused-ring (bicyclic) bond motifs is 3. The number of ether oxygens (including phenoxy) is 4. The summed E-state index contributed by atoms with van der Waals surface area (Å²) in [7, 11) is 3.49. The summed E-state index contributed by atoms with van der Waals surface area (Å²) in [6, 6.07) is 38.8. The van der Waals surface area contributed by atoms with Gasteiger partial charge in [0.2, 0.25) is 11.8 Å². The van der Waals surface area contributed by atoms with Crippen molar-refractivity contribution in [1.29, 1.82) is 0 Å². The SMILES string of the molecule is COCCOC(=O)N1C(=O)[C@@]2(c3cc(C#CCN(C)Cc4ccccc4)ccc31)[C@H](C(=O)N1CCCCCCC1)[C@H]1C(=O)O[C@H](c3ccccc3)[C@H](c3ccccc3)N1[C@@H]2c1ccc(OCCO)cc1. The number of carbonyl (C=O) groups is 4. The van der Waals surface area contributed by atoms with Gasteiger partial charge < -0.3 is 29.0 Å². The van der Waals surface area contributed by atoms with Gasteiger partial charge in [0.25, 0.3) is 0 Å². The van der Waals surface area contributed by atoms with Crippen molar-refractivity contribution >= 4 is 29.6 Å². The molecule has 70 heavy (non-hydrogen) atoms. The average Bonchev–Trinajstić information content (AvgIpc) is 3.82. The van der Waals surface area contributed by atoms with Crippen LogP contribution in [0.15, 0.2) is 133 Å². The first-order valence-electron chi connectivity index (χ1n) is 24.3. The molecule has 0 bridgehead atoms. The zero-order valence-corrected chi connectivity index (χ0v) is 39.8. The minimum atomic E-state index is -1.94. The van der Waals surface area contributed by atoms with Crippen LogP contribution in [0.2, 0.25) is 0 Å². The molecule has 0 unspecified atom stereocenters. The minimum absolute atomic E-state index is 0.0614. The number of amides is 3. The lowest BCUT2D eigenvalue weighted by Crippen LogP contribution is -2.56. The number of cyclic esters (lactones) is 1. The Kier molecular flexibility index (Phi) is 15.1. The maximum atomic E-state index is 16.6. The molecule has 6 atom stereocenters. The van der Waals surface area contributed by atoms with Crippen LogP contribution in [0.5, 0.6) is 5.75 Å². The summed E-state index contributed by atoms with van der Waals surface area (Å²) in [6.45, 7) is 1.82. The predicted molar refractivity (Wildman–Crippen MR) is 263 cm³/mol. The fraction of sp³-hybridized carbons (Fsp3) is 0.368. The maximum absolute atomic E-state index is 16.6. The average molecular weight is 945 g/mol. The normalized spacial score (nSPS) is 23.2. The summed E-state index contributed by atoms with van der Waals surface area (Å²) >= 11 is 0. The Hall–Kier alpha value is -6.82. The zero-order valence-electron chi connectivity index (χ0n) is 39.8. The third-order valence-electron chi connectivity index (χ3n) is 14.0. The van der Waals surface area contributed by atoms with Gasteiger partial charge in [0, 0.05) is 32.3 Å². The Bertz CT molecular complexity index is 2680. The van der Waals surface area contributed by atoms with E-state index in [2.05, 4.69) is 28.9 Å². The van der Waals surface area contributed by atoms with Crippen molar-refractivity contribution in [2.24, 2.45) is 5.92 Å². The number of imide groups is 1. The van der Waals surface area contributed by atoms with E-state index >= 15 is 14.4 Å². The summed E-state index contributed by atoms with van der Waals surface area (Å²) in [5, 5.41) is 9.64. The van der Waals surface area contributed by atoms with E-state index in [0.717, 1.165) is 53.7 Å². The van der Waals surface area contributed by atoms with Gasteiger partial charge in [0.05, 0.1) is 43.4 Å². The quantitative estimate of drug-likeness (QED) is 0.0704. The van der Waals surface area contributed by atoms with Crippen molar-refractivity contribution in [1.82, 2.24) is 14.7 Å². The number of methoxy groups -OCH3 is 1. The molecule has 9 rings (SSSR count). The van der Waals surface area contributed by atoms with Gasteiger partial charge >= 0.3 is 12.1 Å². The highest BCUT2D eigenvalue weighted by Gasteiger charge is 2.76. The molecular weight excluding hydrogens is 885 g/mol. The molecule has 3 saturated heterocycles. The van der Waals surface area contributed by atoms with Gasteiger partial charge in [0.15, 0.2) is 0 Å². The van der Waals surface area contributed by atoms with Crippen LogP contribution in [0.4, 0.5) is 10.5 Å². The summed E-state index contributed by atoms with van der Waals surface area (Å²) in [4.78, 5) is 69.9. The van der Waals surface area contributed by atoms with E-state index in [0.29, 0.717) is 48.6 Å². The first-order valence-corrected chi connectivity index (χ1v) is 24.3. The monoisotopic (exact) mass is 944 g/mol. The second-order valence-electron chi connectivity index (χ2n) is 18.4. The van der Waals surface area contributed by atoms with Crippen molar-refractivity contribution in [3.8, 4) is 17.6 Å². The molecule has 3 amide bonds. The van der Waals surface area contributed by atoms with Gasteiger partial charge in [-0.05, 0) is 78.0 Å². The topological polar surface area (TPSA) is 138 Å². The molecule has 4 aliphatic heterocycles. The number of likely N-dealkylation sites (tertiary alicyclic amines) is 1. The lowest BCUT2D eigenvalue weighted by Gasteiger charge is -2.46. The number of nitrogens with zero attached hydrogens (tertiary/aromatic N) is 4. The van der Waals surface area contributed by atoms with E-state index in [-0.39, 0.29) is 38.0 Å². The summed E-state index contributed by atoms with van der Waals surface area (Å²) < 4.78 is 23.5. The van der Waals surface area contributed by atoms with Crippen LogP contribution in [0.25, 0.3) is 0 Å². The Morgan fingerprint density at radius 1 is 0.771 bits per heavy atom. The van der Waals surface area contributed by atoms with Gasteiger partial charge in [-0.1, -0.05) is 134 Å². The molecule has 1 spiro atoms. The van der Waals surface area contributed by atoms with E-state index in [1.807, 2.05) is 114 Å². The van der Waals surface area contributed by atoms with Crippen LogP contribution in [0.1, 0.15) is 83.7 Å². The second kappa shape index (κ2) is 21.9. The van der Waals surface area contributed by atoms with Crippen molar-refractivity contribution in [2.75, 3.05) is 65.1 Å². The molecular formula is C57H60N4O9. The van der Waals surface area contributed by atoms with Crippen LogP contribution in [-0.2, 0) is 40.6 Å². The van der Waals surface area contributed by atoms with Gasteiger partial charge in [-0.3, -0.25) is 24.2 Å². The third-order valence-corrected chi connectivity index (χ3v) is 14.0. The fourth-order valence-corrected chi connectivity index (χ4v) is 11.0. The number of aliphatic hydroxyl groups is 1. The first-order chi connectivity index (χ1) is 34.3. The van der Waals surface area contributed by atoms with Crippen LogP contribution < -0.4 is 9.64 Å². The van der Waals surface area contributed by atoms with Gasteiger partial charge in [-0.15, -0.1) is 0 Å². The highest BCUT2D eigenvalue weighted by Crippen LogP contribution is 2.66. The molecule has 4 aliphatic rings. The van der Waals surface area contributed by atoms with Crippen LogP contribution in [0, 0.1) is 17.8 Å². The van der Waals surface area contributed by atoms with Crippen molar-refractivity contribution in [3.63, 3.8) is 0 Å². The molecule has 3 fully saturated rings. The number of aliphatic hydroxyl groups excluding tert-OH is 1. The minimum Gasteiger partial charge on any atom is -0.491 e. The number of rotatable bonds is 13. The summed E-state index contributed by atoms with van der Waals surface area (Å²) in [6.07, 6.45) is 2.63. The van der Waals surface area contributed by atoms with Crippen LogP contribution in [-0.4, -0.2) is 110 Å². The number of carbonyl (C=O) groups excluding carboxylic acids is 4. The molecule has 0 saturated carbocycles. The highest BCUT2D eigenvalue weighted by atomic mass is 16.6. The molecule has 0 aromatic heterocycles. The Balaban J connectivity index is 1.30. The number of morpholine rings is 1. The smallest absolute Gasteiger partial charge is 0.421 e. The Labute approximate surface area is 409 Å². The van der Waals surface area contributed by atoms with Crippen molar-refractivity contribution in [3.05, 3.63) is 167 Å². The molecule has 362 valence electrons.